The molecule has 0 spiro atoms. The van der Waals surface area contributed by atoms with Crippen LogP contribution in [0, 0.1) is 0 Å². The summed E-state index contributed by atoms with van der Waals surface area (Å²) in [4.78, 5) is 0. The molecule has 0 aromatic heterocycles. The van der Waals surface area contributed by atoms with Crippen molar-refractivity contribution in [3.63, 3.8) is 0 Å². The largest absolute Gasteiger partial charge is 0.389 e. The molecule has 1 aromatic carbocycles. The molecule has 19 heavy (non-hydrogen) atoms. The molecule has 0 radical (unpaired) electrons. The normalized spacial score (nSPS) is 13.8. The maximum absolute atomic E-state index is 12.1. The Morgan fingerprint density at radius 3 is 2.05 bits per heavy atom. The molecule has 2 nitrogen and oxygen atoms in total. The predicted octanol–water partition coefficient (Wildman–Crippen LogP) is 4.05. The van der Waals surface area contributed by atoms with Crippen molar-refractivity contribution in [3.05, 3.63) is 35.4 Å². The second-order valence-electron chi connectivity index (χ2n) is 5.05. The molecule has 0 aliphatic heterocycles. The van der Waals surface area contributed by atoms with E-state index in [9.17, 15) is 13.2 Å². The Morgan fingerprint density at radius 2 is 1.63 bits per heavy atom. The van der Waals surface area contributed by atoms with E-state index in [1.165, 1.54) is 5.56 Å². The van der Waals surface area contributed by atoms with Crippen LogP contribution in [0.4, 0.5) is 13.2 Å². The average molecular weight is 274 g/mol. The van der Waals surface area contributed by atoms with Crippen LogP contribution in [0.5, 0.6) is 0 Å². The van der Waals surface area contributed by atoms with Crippen molar-refractivity contribution in [2.24, 2.45) is 5.84 Å². The van der Waals surface area contributed by atoms with E-state index >= 15 is 0 Å². The zero-order valence-electron chi connectivity index (χ0n) is 11.3. The van der Waals surface area contributed by atoms with Gasteiger partial charge in [-0.3, -0.25) is 11.3 Å². The Bertz CT molecular complexity index is 371. The minimum Gasteiger partial charge on any atom is -0.271 e. The summed E-state index contributed by atoms with van der Waals surface area (Å²) in [5, 5.41) is 0. The number of hydrazine groups is 1. The van der Waals surface area contributed by atoms with Crippen LogP contribution in [0.25, 0.3) is 0 Å². The summed E-state index contributed by atoms with van der Waals surface area (Å²) >= 11 is 0. The van der Waals surface area contributed by atoms with Gasteiger partial charge < -0.3 is 0 Å². The monoisotopic (exact) mass is 274 g/mol. The molecule has 5 heteroatoms. The van der Waals surface area contributed by atoms with E-state index < -0.39 is 12.6 Å². The molecule has 3 N–H and O–H groups in total. The smallest absolute Gasteiger partial charge is 0.271 e. The molecular weight excluding hydrogens is 253 g/mol. The van der Waals surface area contributed by atoms with Crippen LogP contribution >= 0.6 is 0 Å². The van der Waals surface area contributed by atoms with Crippen LogP contribution in [0.3, 0.4) is 0 Å². The van der Waals surface area contributed by atoms with Crippen LogP contribution in [0.1, 0.15) is 56.2 Å². The highest BCUT2D eigenvalue weighted by Gasteiger charge is 2.26. The highest BCUT2D eigenvalue weighted by atomic mass is 19.4. The zero-order chi connectivity index (χ0) is 14.5. The molecule has 1 atom stereocenters. The fraction of sp³-hybridized carbons (Fsp3) is 0.571. The number of rotatable bonds is 6. The van der Waals surface area contributed by atoms with Crippen molar-refractivity contribution < 1.29 is 13.2 Å². The molecule has 0 fully saturated rings. The summed E-state index contributed by atoms with van der Waals surface area (Å²) in [6.45, 7) is 4.19. The van der Waals surface area contributed by atoms with Gasteiger partial charge in [0.25, 0.3) is 0 Å². The number of alkyl halides is 3. The van der Waals surface area contributed by atoms with Crippen molar-refractivity contribution in [3.8, 4) is 0 Å². The number of halogens is 3. The quantitative estimate of drug-likeness (QED) is 0.606. The molecule has 0 heterocycles. The van der Waals surface area contributed by atoms with Crippen LogP contribution in [-0.2, 0) is 0 Å². The lowest BCUT2D eigenvalue weighted by Gasteiger charge is -2.17. The van der Waals surface area contributed by atoms with Gasteiger partial charge in [-0.25, -0.2) is 0 Å². The van der Waals surface area contributed by atoms with Gasteiger partial charge in [-0.05, 0) is 29.9 Å². The third-order valence-electron chi connectivity index (χ3n) is 3.16. The molecule has 1 unspecified atom stereocenters. The minimum atomic E-state index is -4.10. The highest BCUT2D eigenvalue weighted by Crippen LogP contribution is 2.26. The number of hydrogen-bond acceptors (Lipinski definition) is 2. The molecule has 108 valence electrons. The van der Waals surface area contributed by atoms with E-state index in [1.807, 2.05) is 24.3 Å². The summed E-state index contributed by atoms with van der Waals surface area (Å²) in [5.41, 5.74) is 4.71. The third kappa shape index (κ3) is 5.61. The SMILES string of the molecule is CC(C)c1ccc(C(CCCC(F)(F)F)NN)cc1. The topological polar surface area (TPSA) is 38.0 Å². The van der Waals surface area contributed by atoms with Gasteiger partial charge in [-0.1, -0.05) is 38.1 Å². The molecule has 0 aliphatic rings. The van der Waals surface area contributed by atoms with Gasteiger partial charge in [-0.15, -0.1) is 0 Å². The number of benzene rings is 1. The van der Waals surface area contributed by atoms with Gasteiger partial charge in [0.2, 0.25) is 0 Å². The first-order chi connectivity index (χ1) is 8.83. The molecular formula is C14H21F3N2. The fourth-order valence-corrected chi connectivity index (χ4v) is 1.97. The van der Waals surface area contributed by atoms with Crippen molar-refractivity contribution >= 4 is 0 Å². The van der Waals surface area contributed by atoms with Crippen molar-refractivity contribution in [2.75, 3.05) is 0 Å². The van der Waals surface area contributed by atoms with Gasteiger partial charge in [-0.2, -0.15) is 13.2 Å². The van der Waals surface area contributed by atoms with E-state index in [0.717, 1.165) is 5.56 Å². The van der Waals surface area contributed by atoms with Gasteiger partial charge in [0.1, 0.15) is 0 Å². The Hall–Kier alpha value is -1.07. The first-order valence-electron chi connectivity index (χ1n) is 6.46. The summed E-state index contributed by atoms with van der Waals surface area (Å²) in [7, 11) is 0. The summed E-state index contributed by atoms with van der Waals surface area (Å²) in [6.07, 6.45) is -4.42. The standard InChI is InChI=1S/C14H21F3N2/c1-10(2)11-5-7-12(8-6-11)13(19-18)4-3-9-14(15,16)17/h5-8,10,13,19H,3-4,9,18H2,1-2H3. The number of nitrogens with two attached hydrogens (primary N) is 1. The lowest BCUT2D eigenvalue weighted by Crippen LogP contribution is -2.28. The van der Waals surface area contributed by atoms with Gasteiger partial charge >= 0.3 is 6.18 Å². The first-order valence-corrected chi connectivity index (χ1v) is 6.46. The van der Waals surface area contributed by atoms with Crippen LogP contribution in [0.15, 0.2) is 24.3 Å². The molecule has 0 aliphatic carbocycles. The minimum absolute atomic E-state index is 0.0737. The predicted molar refractivity (Wildman–Crippen MR) is 70.5 cm³/mol. The van der Waals surface area contributed by atoms with E-state index in [2.05, 4.69) is 19.3 Å². The molecule has 1 aromatic rings. The lowest BCUT2D eigenvalue weighted by atomic mass is 9.97. The molecule has 0 saturated heterocycles. The van der Waals surface area contributed by atoms with Crippen LogP contribution in [-0.4, -0.2) is 6.18 Å². The van der Waals surface area contributed by atoms with Gasteiger partial charge in [0, 0.05) is 12.5 Å². The Morgan fingerprint density at radius 1 is 1.11 bits per heavy atom. The lowest BCUT2D eigenvalue weighted by molar-refractivity contribution is -0.135. The highest BCUT2D eigenvalue weighted by molar-refractivity contribution is 5.26. The Kier molecular flexibility index (Phi) is 5.82. The first kappa shape index (κ1) is 16.0. The second kappa shape index (κ2) is 6.91. The van der Waals surface area contributed by atoms with E-state index in [0.29, 0.717) is 12.3 Å². The number of hydrogen-bond donors (Lipinski definition) is 2. The fourth-order valence-electron chi connectivity index (χ4n) is 1.97. The zero-order valence-corrected chi connectivity index (χ0v) is 11.3. The van der Waals surface area contributed by atoms with Crippen molar-refractivity contribution in [1.82, 2.24) is 5.43 Å². The third-order valence-corrected chi connectivity index (χ3v) is 3.16. The summed E-state index contributed by atoms with van der Waals surface area (Å²) < 4.78 is 36.3. The van der Waals surface area contributed by atoms with Crippen LogP contribution in [0.2, 0.25) is 0 Å². The summed E-state index contributed by atoms with van der Waals surface area (Å²) in [5.74, 6) is 5.86. The maximum Gasteiger partial charge on any atom is 0.389 e. The van der Waals surface area contributed by atoms with E-state index in [1.54, 1.807) is 0 Å². The van der Waals surface area contributed by atoms with Crippen molar-refractivity contribution in [1.29, 1.82) is 0 Å². The number of nitrogens with one attached hydrogen (secondary N) is 1. The van der Waals surface area contributed by atoms with E-state index in [-0.39, 0.29) is 12.5 Å². The summed E-state index contributed by atoms with van der Waals surface area (Å²) in [6, 6.07) is 7.60. The molecule has 0 bridgehead atoms. The Labute approximate surface area is 112 Å². The molecule has 0 amide bonds. The van der Waals surface area contributed by atoms with Crippen LogP contribution < -0.4 is 11.3 Å². The molecule has 1 rings (SSSR count). The molecule has 0 saturated carbocycles. The maximum atomic E-state index is 12.1. The van der Waals surface area contributed by atoms with E-state index in [4.69, 9.17) is 5.84 Å². The average Bonchev–Trinajstić information content (AvgIpc) is 2.33. The van der Waals surface area contributed by atoms with Gasteiger partial charge in [0.15, 0.2) is 0 Å². The second-order valence-corrected chi connectivity index (χ2v) is 5.05. The Balaban J connectivity index is 2.59. The van der Waals surface area contributed by atoms with Crippen molar-refractivity contribution in [2.45, 2.75) is 51.2 Å². The van der Waals surface area contributed by atoms with Gasteiger partial charge in [0.05, 0.1) is 0 Å².